The number of hydrogen-bond acceptors (Lipinski definition) is 0. The zero-order valence-electron chi connectivity index (χ0n) is 8.73. The Morgan fingerprint density at radius 2 is 2.07 bits per heavy atom. The van der Waals surface area contributed by atoms with Gasteiger partial charge in [0.2, 0.25) is 0 Å². The van der Waals surface area contributed by atoms with Gasteiger partial charge >= 0.3 is 0 Å². The molecule has 0 saturated heterocycles. The van der Waals surface area contributed by atoms with Crippen LogP contribution >= 0.6 is 15.9 Å². The molecule has 0 aromatic heterocycles. The van der Waals surface area contributed by atoms with Crippen molar-refractivity contribution in [2.75, 3.05) is 0 Å². The summed E-state index contributed by atoms with van der Waals surface area (Å²) < 4.78 is 1.20. The molecule has 1 aromatic carbocycles. The highest BCUT2D eigenvalue weighted by Crippen LogP contribution is 2.19. The molecule has 14 heavy (non-hydrogen) atoms. The maximum absolute atomic E-state index is 3.57. The van der Waals surface area contributed by atoms with Crippen molar-refractivity contribution in [2.24, 2.45) is 0 Å². The Kier molecular flexibility index (Phi) is 4.76. The Hall–Kier alpha value is -0.740. The van der Waals surface area contributed by atoms with E-state index < -0.39 is 0 Å². The molecule has 0 aliphatic heterocycles. The maximum atomic E-state index is 3.57. The highest BCUT2D eigenvalue weighted by Gasteiger charge is 1.98. The first-order valence-electron chi connectivity index (χ1n) is 4.94. The topological polar surface area (TPSA) is 0 Å². The fraction of sp³-hybridized carbons (Fsp3) is 0.385. The molecular weight excluding hydrogens is 236 g/mol. The molecule has 0 amide bonds. The van der Waals surface area contributed by atoms with E-state index in [0.717, 1.165) is 19.3 Å². The quantitative estimate of drug-likeness (QED) is 0.694. The van der Waals surface area contributed by atoms with Gasteiger partial charge in [0.1, 0.15) is 0 Å². The Bertz CT molecular complexity index is 355. The second-order valence-electron chi connectivity index (χ2n) is 3.30. The number of rotatable bonds is 2. The van der Waals surface area contributed by atoms with Crippen LogP contribution in [0.1, 0.15) is 30.9 Å². The van der Waals surface area contributed by atoms with E-state index in [1.807, 2.05) is 0 Å². The third-order valence-corrected chi connectivity index (χ3v) is 2.77. The second kappa shape index (κ2) is 5.88. The van der Waals surface area contributed by atoms with Crippen molar-refractivity contribution in [3.63, 3.8) is 0 Å². The summed E-state index contributed by atoms with van der Waals surface area (Å²) in [6, 6.07) is 6.48. The highest BCUT2D eigenvalue weighted by atomic mass is 79.9. The Morgan fingerprint density at radius 1 is 1.29 bits per heavy atom. The number of halogens is 1. The molecule has 1 rings (SSSR count). The van der Waals surface area contributed by atoms with E-state index in [2.05, 4.69) is 59.8 Å². The molecule has 0 saturated carbocycles. The summed E-state index contributed by atoms with van der Waals surface area (Å²) in [5.41, 5.74) is 2.64. The maximum Gasteiger partial charge on any atom is 0.0210 e. The van der Waals surface area contributed by atoms with E-state index >= 15 is 0 Å². The zero-order valence-corrected chi connectivity index (χ0v) is 10.3. The first kappa shape index (κ1) is 11.3. The summed E-state index contributed by atoms with van der Waals surface area (Å²) in [5, 5.41) is 0. The van der Waals surface area contributed by atoms with Crippen LogP contribution in [0.25, 0.3) is 0 Å². The Morgan fingerprint density at radius 3 is 2.71 bits per heavy atom. The van der Waals surface area contributed by atoms with E-state index in [1.54, 1.807) is 0 Å². The van der Waals surface area contributed by atoms with Crippen LogP contribution in [0.3, 0.4) is 0 Å². The molecule has 1 heteroatoms. The zero-order chi connectivity index (χ0) is 10.4. The molecule has 74 valence electrons. The van der Waals surface area contributed by atoms with Gasteiger partial charge in [-0.05, 0) is 30.5 Å². The first-order valence-corrected chi connectivity index (χ1v) is 5.74. The fourth-order valence-corrected chi connectivity index (χ4v) is 1.96. The molecular formula is C13H15Br. The molecule has 0 bridgehead atoms. The van der Waals surface area contributed by atoms with Gasteiger partial charge in [0.05, 0.1) is 0 Å². The first-order chi connectivity index (χ1) is 6.74. The van der Waals surface area contributed by atoms with Crippen molar-refractivity contribution in [3.8, 4) is 11.8 Å². The van der Waals surface area contributed by atoms with Crippen molar-refractivity contribution in [2.45, 2.75) is 33.1 Å². The van der Waals surface area contributed by atoms with Gasteiger partial charge in [-0.1, -0.05) is 35.0 Å². The lowest BCUT2D eigenvalue weighted by Crippen LogP contribution is -1.86. The predicted octanol–water partition coefficient (Wildman–Crippen LogP) is 4.10. The minimum Gasteiger partial charge on any atom is -0.104 e. The van der Waals surface area contributed by atoms with Crippen LogP contribution in [0.4, 0.5) is 0 Å². The molecule has 1 aromatic rings. The van der Waals surface area contributed by atoms with Gasteiger partial charge in [-0.15, -0.1) is 11.8 Å². The van der Waals surface area contributed by atoms with E-state index in [-0.39, 0.29) is 0 Å². The molecule has 0 fully saturated rings. The van der Waals surface area contributed by atoms with E-state index in [0.29, 0.717) is 0 Å². The molecule has 0 N–H and O–H groups in total. The molecule has 0 spiro atoms. The predicted molar refractivity (Wildman–Crippen MR) is 65.3 cm³/mol. The van der Waals surface area contributed by atoms with Crippen LogP contribution in [0.2, 0.25) is 0 Å². The molecule has 0 heterocycles. The van der Waals surface area contributed by atoms with E-state index in [9.17, 15) is 0 Å². The lowest BCUT2D eigenvalue weighted by atomic mass is 10.1. The lowest BCUT2D eigenvalue weighted by Gasteiger charge is -2.02. The smallest absolute Gasteiger partial charge is 0.0210 e. The minimum atomic E-state index is 0.953. The van der Waals surface area contributed by atoms with Gasteiger partial charge in [0.25, 0.3) is 0 Å². The van der Waals surface area contributed by atoms with Gasteiger partial charge in [-0.3, -0.25) is 0 Å². The molecule has 0 radical (unpaired) electrons. The van der Waals surface area contributed by atoms with Crippen molar-refractivity contribution < 1.29 is 0 Å². The third kappa shape index (κ3) is 3.55. The minimum absolute atomic E-state index is 0.953. The lowest BCUT2D eigenvalue weighted by molar-refractivity contribution is 1.02. The van der Waals surface area contributed by atoms with Crippen molar-refractivity contribution in [1.82, 2.24) is 0 Å². The SMILES string of the molecule is CCC#CCCc1ccc(C)cc1Br. The second-order valence-corrected chi connectivity index (χ2v) is 4.16. The van der Waals surface area contributed by atoms with Crippen LogP contribution < -0.4 is 0 Å². The van der Waals surface area contributed by atoms with Gasteiger partial charge in [0.15, 0.2) is 0 Å². The number of benzene rings is 1. The highest BCUT2D eigenvalue weighted by molar-refractivity contribution is 9.10. The van der Waals surface area contributed by atoms with E-state index in [1.165, 1.54) is 15.6 Å². The normalized spacial score (nSPS) is 9.36. The van der Waals surface area contributed by atoms with E-state index in [4.69, 9.17) is 0 Å². The van der Waals surface area contributed by atoms with Gasteiger partial charge in [-0.25, -0.2) is 0 Å². The monoisotopic (exact) mass is 250 g/mol. The van der Waals surface area contributed by atoms with Crippen LogP contribution in [-0.4, -0.2) is 0 Å². The summed E-state index contributed by atoms with van der Waals surface area (Å²) in [6.07, 6.45) is 2.94. The van der Waals surface area contributed by atoms with Crippen LogP contribution in [0.5, 0.6) is 0 Å². The summed E-state index contributed by atoms with van der Waals surface area (Å²) in [5.74, 6) is 6.24. The van der Waals surface area contributed by atoms with Crippen molar-refractivity contribution >= 4 is 15.9 Å². The van der Waals surface area contributed by atoms with Crippen molar-refractivity contribution in [3.05, 3.63) is 33.8 Å². The van der Waals surface area contributed by atoms with Crippen molar-refractivity contribution in [1.29, 1.82) is 0 Å². The van der Waals surface area contributed by atoms with Crippen LogP contribution in [-0.2, 0) is 6.42 Å². The largest absolute Gasteiger partial charge is 0.104 e. The number of aryl methyl sites for hydroxylation is 2. The molecule has 0 unspecified atom stereocenters. The summed E-state index contributed by atoms with van der Waals surface area (Å²) in [6.45, 7) is 4.18. The summed E-state index contributed by atoms with van der Waals surface area (Å²) in [4.78, 5) is 0. The van der Waals surface area contributed by atoms with Crippen LogP contribution in [0.15, 0.2) is 22.7 Å². The summed E-state index contributed by atoms with van der Waals surface area (Å²) >= 11 is 3.57. The Labute approximate surface area is 94.9 Å². The average molecular weight is 251 g/mol. The average Bonchev–Trinajstić information content (AvgIpc) is 2.15. The fourth-order valence-electron chi connectivity index (χ4n) is 1.27. The van der Waals surface area contributed by atoms with Gasteiger partial charge in [-0.2, -0.15) is 0 Å². The van der Waals surface area contributed by atoms with Crippen LogP contribution in [0, 0.1) is 18.8 Å². The molecule has 0 aliphatic rings. The Balaban J connectivity index is 2.59. The third-order valence-electron chi connectivity index (χ3n) is 2.03. The molecule has 0 nitrogen and oxygen atoms in total. The number of hydrogen-bond donors (Lipinski definition) is 0. The van der Waals surface area contributed by atoms with Gasteiger partial charge < -0.3 is 0 Å². The standard InChI is InChI=1S/C13H15Br/c1-3-4-5-6-7-12-9-8-11(2)10-13(12)14/h8-10H,3,6-7H2,1-2H3. The molecule has 0 aliphatic carbocycles. The summed E-state index contributed by atoms with van der Waals surface area (Å²) in [7, 11) is 0. The van der Waals surface area contributed by atoms with Gasteiger partial charge in [0, 0.05) is 17.3 Å². The molecule has 0 atom stereocenters.